The molecule has 10 nitrogen and oxygen atoms in total. The van der Waals surface area contributed by atoms with Gasteiger partial charge in [-0.25, -0.2) is 9.36 Å². The summed E-state index contributed by atoms with van der Waals surface area (Å²) in [5.74, 6) is 7.86. The Kier molecular flexibility index (Phi) is 5.30. The van der Waals surface area contributed by atoms with Gasteiger partial charge in [-0.2, -0.15) is 5.10 Å². The summed E-state index contributed by atoms with van der Waals surface area (Å²) >= 11 is 1.20. The van der Waals surface area contributed by atoms with Gasteiger partial charge in [-0.15, -0.1) is 10.2 Å². The van der Waals surface area contributed by atoms with Gasteiger partial charge in [0.2, 0.25) is 11.1 Å². The zero-order chi connectivity index (χ0) is 20.4. The normalized spacial score (nSPS) is 15.3. The van der Waals surface area contributed by atoms with E-state index in [-0.39, 0.29) is 17.8 Å². The average Bonchev–Trinajstić information content (AvgIpc) is 3.25. The highest BCUT2D eigenvalue weighted by atomic mass is 32.2. The Morgan fingerprint density at radius 3 is 2.86 bits per heavy atom. The van der Waals surface area contributed by atoms with Gasteiger partial charge < -0.3 is 20.6 Å². The van der Waals surface area contributed by atoms with Crippen LogP contribution in [0, 0.1) is 13.8 Å². The molecule has 29 heavy (non-hydrogen) atoms. The lowest BCUT2D eigenvalue weighted by molar-refractivity contribution is -0.119. The number of aryl methyl sites for hydroxylation is 2. The van der Waals surface area contributed by atoms with Crippen molar-refractivity contribution >= 4 is 17.7 Å². The minimum absolute atomic E-state index is 0.149. The average molecular weight is 415 g/mol. The zero-order valence-corrected chi connectivity index (χ0v) is 16.8. The number of carbonyl (C=O) groups excluding carboxylic acids is 1. The van der Waals surface area contributed by atoms with Crippen LogP contribution in [0.4, 0.5) is 0 Å². The molecule has 3 heterocycles. The number of para-hydroxylation sites is 2. The maximum absolute atomic E-state index is 12.2. The minimum atomic E-state index is -0.241. The van der Waals surface area contributed by atoms with Crippen LogP contribution in [0.5, 0.6) is 11.5 Å². The van der Waals surface area contributed by atoms with E-state index in [2.05, 4.69) is 20.6 Å². The molecular formula is C18H21N7O3S. The highest BCUT2D eigenvalue weighted by molar-refractivity contribution is 7.99. The van der Waals surface area contributed by atoms with Crippen molar-refractivity contribution in [2.24, 2.45) is 0 Å². The van der Waals surface area contributed by atoms with E-state index in [1.165, 1.54) is 16.4 Å². The van der Waals surface area contributed by atoms with Crippen LogP contribution in [0.25, 0.3) is 5.95 Å². The minimum Gasteiger partial charge on any atom is -0.486 e. The van der Waals surface area contributed by atoms with E-state index < -0.39 is 0 Å². The number of amides is 1. The molecule has 11 heteroatoms. The van der Waals surface area contributed by atoms with Crippen molar-refractivity contribution in [1.29, 1.82) is 0 Å². The summed E-state index contributed by atoms with van der Waals surface area (Å²) in [6, 6.07) is 9.38. The number of hydrogen-bond acceptors (Lipinski definition) is 8. The Morgan fingerprint density at radius 1 is 1.31 bits per heavy atom. The summed E-state index contributed by atoms with van der Waals surface area (Å²) in [6.07, 6.45) is -0.241. The number of nitrogens with two attached hydrogens (primary N) is 1. The molecule has 1 amide bonds. The Morgan fingerprint density at radius 2 is 2.10 bits per heavy atom. The van der Waals surface area contributed by atoms with E-state index in [1.54, 1.807) is 4.68 Å². The first-order valence-corrected chi connectivity index (χ1v) is 10.0. The van der Waals surface area contributed by atoms with E-state index in [4.69, 9.17) is 15.3 Å². The van der Waals surface area contributed by atoms with Crippen molar-refractivity contribution in [1.82, 2.24) is 30.0 Å². The van der Waals surface area contributed by atoms with E-state index in [9.17, 15) is 4.79 Å². The summed E-state index contributed by atoms with van der Waals surface area (Å²) < 4.78 is 14.4. The Hall–Kier alpha value is -3.21. The van der Waals surface area contributed by atoms with Gasteiger partial charge in [0, 0.05) is 5.69 Å². The van der Waals surface area contributed by atoms with Crippen LogP contribution >= 0.6 is 11.8 Å². The summed E-state index contributed by atoms with van der Waals surface area (Å²) in [6.45, 7) is 4.53. The van der Waals surface area contributed by atoms with Gasteiger partial charge in [-0.1, -0.05) is 23.9 Å². The van der Waals surface area contributed by atoms with Crippen LogP contribution in [0.15, 0.2) is 35.5 Å². The first kappa shape index (κ1) is 19.1. The lowest BCUT2D eigenvalue weighted by Crippen LogP contribution is -2.41. The van der Waals surface area contributed by atoms with E-state index in [1.807, 2.05) is 44.2 Å². The largest absolute Gasteiger partial charge is 0.486 e. The second-order valence-corrected chi connectivity index (χ2v) is 7.52. The fraction of sp³-hybridized carbons (Fsp3) is 0.333. The number of nitrogens with zero attached hydrogens (tertiary/aromatic N) is 5. The van der Waals surface area contributed by atoms with Crippen molar-refractivity contribution in [2.45, 2.75) is 25.1 Å². The summed E-state index contributed by atoms with van der Waals surface area (Å²) in [4.78, 5) is 12.2. The van der Waals surface area contributed by atoms with E-state index in [0.29, 0.717) is 35.8 Å². The van der Waals surface area contributed by atoms with Crippen LogP contribution < -0.4 is 20.6 Å². The van der Waals surface area contributed by atoms with Gasteiger partial charge >= 0.3 is 0 Å². The maximum atomic E-state index is 12.2. The van der Waals surface area contributed by atoms with Crippen LogP contribution in [-0.4, -0.2) is 55.6 Å². The molecule has 1 unspecified atom stereocenters. The molecule has 1 aromatic carbocycles. The fourth-order valence-electron chi connectivity index (χ4n) is 2.92. The molecule has 3 N–H and O–H groups in total. The van der Waals surface area contributed by atoms with Crippen molar-refractivity contribution in [3.8, 4) is 17.4 Å². The first-order chi connectivity index (χ1) is 14.0. The molecule has 0 radical (unpaired) electrons. The SMILES string of the molecule is Cc1cc(C)n(-c2nnc(SCC(=O)NCC3COc4ccccc4O3)n2N)n1. The molecule has 0 spiro atoms. The lowest BCUT2D eigenvalue weighted by Gasteiger charge is -2.26. The van der Waals surface area contributed by atoms with Crippen molar-refractivity contribution in [2.75, 3.05) is 24.7 Å². The number of carbonyl (C=O) groups is 1. The van der Waals surface area contributed by atoms with Crippen LogP contribution in [0.2, 0.25) is 0 Å². The second kappa shape index (κ2) is 8.03. The lowest BCUT2D eigenvalue weighted by atomic mass is 10.2. The number of hydrogen-bond donors (Lipinski definition) is 2. The van der Waals surface area contributed by atoms with Gasteiger partial charge in [-0.05, 0) is 32.0 Å². The molecule has 152 valence electrons. The number of nitrogens with one attached hydrogen (secondary N) is 1. The molecule has 1 aliphatic rings. The molecule has 1 aliphatic heterocycles. The molecule has 3 aromatic rings. The van der Waals surface area contributed by atoms with Gasteiger partial charge in [0.15, 0.2) is 11.5 Å². The number of aromatic nitrogens is 5. The molecule has 0 saturated carbocycles. The van der Waals surface area contributed by atoms with Crippen LogP contribution in [-0.2, 0) is 4.79 Å². The highest BCUT2D eigenvalue weighted by Crippen LogP contribution is 2.30. The van der Waals surface area contributed by atoms with Gasteiger partial charge in [0.05, 0.1) is 18.0 Å². The number of benzene rings is 1. The smallest absolute Gasteiger partial charge is 0.271 e. The standard InChI is InChI=1S/C18H21N7O3S/c1-11-7-12(2)25(23-11)17-21-22-18(24(17)19)29-10-16(26)20-8-13-9-27-14-5-3-4-6-15(14)28-13/h3-7,13H,8-10,19H2,1-2H3,(H,20,26). The third-order valence-corrected chi connectivity index (χ3v) is 5.22. The third-order valence-electron chi connectivity index (χ3n) is 4.27. The third kappa shape index (κ3) is 4.14. The van der Waals surface area contributed by atoms with Crippen molar-refractivity contribution in [3.63, 3.8) is 0 Å². The fourth-order valence-corrected chi connectivity index (χ4v) is 3.60. The Bertz CT molecular complexity index is 1030. The number of fused-ring (bicyclic) bond motifs is 1. The first-order valence-electron chi connectivity index (χ1n) is 9.03. The van der Waals surface area contributed by atoms with Gasteiger partial charge in [0.1, 0.15) is 12.7 Å². The zero-order valence-electron chi connectivity index (χ0n) is 16.0. The number of ether oxygens (including phenoxy) is 2. The predicted molar refractivity (Wildman–Crippen MR) is 107 cm³/mol. The summed E-state index contributed by atoms with van der Waals surface area (Å²) in [5, 5.41) is 15.7. The molecule has 4 rings (SSSR count). The summed E-state index contributed by atoms with van der Waals surface area (Å²) in [7, 11) is 0. The number of rotatable bonds is 6. The van der Waals surface area contributed by atoms with E-state index >= 15 is 0 Å². The summed E-state index contributed by atoms with van der Waals surface area (Å²) in [5.41, 5.74) is 1.75. The number of thioether (sulfide) groups is 1. The van der Waals surface area contributed by atoms with Crippen molar-refractivity contribution in [3.05, 3.63) is 41.7 Å². The van der Waals surface area contributed by atoms with Gasteiger partial charge in [-0.3, -0.25) is 4.79 Å². The Balaban J connectivity index is 1.29. The van der Waals surface area contributed by atoms with Crippen LogP contribution in [0.1, 0.15) is 11.4 Å². The molecule has 1 atom stereocenters. The molecular weight excluding hydrogens is 394 g/mol. The molecule has 2 aromatic heterocycles. The second-order valence-electron chi connectivity index (χ2n) is 6.58. The monoisotopic (exact) mass is 415 g/mol. The quantitative estimate of drug-likeness (QED) is 0.449. The van der Waals surface area contributed by atoms with E-state index in [0.717, 1.165) is 11.4 Å². The molecule has 0 aliphatic carbocycles. The predicted octanol–water partition coefficient (Wildman–Crippen LogP) is 0.843. The number of nitrogen functional groups attached to an aromatic ring is 1. The van der Waals surface area contributed by atoms with Crippen LogP contribution in [0.3, 0.4) is 0 Å². The molecule has 0 bridgehead atoms. The molecule has 0 fully saturated rings. The Labute approximate surface area is 171 Å². The van der Waals surface area contributed by atoms with Crippen molar-refractivity contribution < 1.29 is 14.3 Å². The molecule has 0 saturated heterocycles. The maximum Gasteiger partial charge on any atom is 0.271 e. The highest BCUT2D eigenvalue weighted by Gasteiger charge is 2.21. The topological polar surface area (TPSA) is 122 Å². The van der Waals surface area contributed by atoms with Gasteiger partial charge in [0.25, 0.3) is 5.95 Å².